The lowest BCUT2D eigenvalue weighted by Gasteiger charge is -2.18. The van der Waals surface area contributed by atoms with Gasteiger partial charge in [-0.15, -0.1) is 0 Å². The molecule has 116 valence electrons. The topological polar surface area (TPSA) is 95.2 Å². The van der Waals surface area contributed by atoms with E-state index in [0.717, 1.165) is 0 Å². The van der Waals surface area contributed by atoms with Crippen molar-refractivity contribution < 1.29 is 0 Å². The van der Waals surface area contributed by atoms with Crippen LogP contribution >= 0.6 is 7.92 Å². The van der Waals surface area contributed by atoms with Crippen LogP contribution in [0.2, 0.25) is 0 Å². The quantitative estimate of drug-likeness (QED) is 0.313. The van der Waals surface area contributed by atoms with E-state index in [9.17, 15) is 0 Å². The van der Waals surface area contributed by atoms with Gasteiger partial charge in [-0.3, -0.25) is 4.91 Å². The van der Waals surface area contributed by atoms with Crippen molar-refractivity contribution in [2.75, 3.05) is 0 Å². The molecule has 3 rings (SSSR count). The van der Waals surface area contributed by atoms with Crippen LogP contribution in [0.15, 0.2) is 91.0 Å². The lowest BCUT2D eigenvalue weighted by Crippen LogP contribution is -2.20. The molecule has 0 saturated heterocycles. The van der Waals surface area contributed by atoms with Gasteiger partial charge >= 0.3 is 0 Å². The van der Waals surface area contributed by atoms with Crippen molar-refractivity contribution in [3.8, 4) is 0 Å². The monoisotopic (exact) mass is 322 g/mol. The summed E-state index contributed by atoms with van der Waals surface area (Å²) in [5.74, 6) is 0. The standard InChI is InChI=1S/C18H15P.N3.H3N/c1-4-10-16(11-5-1)19(17-12-6-2-7-13-17)18-14-8-3-9-15-18;1-3-2;/h1-15H;;1H3/q;-1;/p+1. The van der Waals surface area contributed by atoms with Crippen LogP contribution in [0.1, 0.15) is 0 Å². The highest BCUT2D eigenvalue weighted by Crippen LogP contribution is 2.32. The summed E-state index contributed by atoms with van der Waals surface area (Å²) in [6, 6.07) is 32.3. The predicted octanol–water partition coefficient (Wildman–Crippen LogP) is 4.69. The maximum Gasteiger partial charge on any atom is -0.0134 e. The fourth-order valence-electron chi connectivity index (χ4n) is 2.18. The molecule has 3 aromatic rings. The van der Waals surface area contributed by atoms with E-state index in [1.807, 2.05) is 0 Å². The number of quaternary nitrogens is 1. The largest absolute Gasteiger partial charge is 0.373 e. The fourth-order valence-corrected chi connectivity index (χ4v) is 4.48. The summed E-state index contributed by atoms with van der Waals surface area (Å²) in [6.45, 7) is 0. The van der Waals surface area contributed by atoms with E-state index in [2.05, 4.69) is 91.0 Å². The first-order valence-electron chi connectivity index (χ1n) is 6.80. The molecule has 4 nitrogen and oxygen atoms in total. The number of nitrogens with zero attached hydrogens (tertiary/aromatic N) is 3. The first-order chi connectivity index (χ1) is 10.9. The smallest absolute Gasteiger partial charge is 0.0134 e. The van der Waals surface area contributed by atoms with Crippen LogP contribution in [0, 0.1) is 0 Å². The van der Waals surface area contributed by atoms with E-state index in [4.69, 9.17) is 11.1 Å². The zero-order valence-corrected chi connectivity index (χ0v) is 13.8. The highest BCUT2D eigenvalue weighted by molar-refractivity contribution is 7.79. The molecule has 23 heavy (non-hydrogen) atoms. The van der Waals surface area contributed by atoms with Crippen molar-refractivity contribution in [2.24, 2.45) is 0 Å². The van der Waals surface area contributed by atoms with Gasteiger partial charge in [0.15, 0.2) is 0 Å². The van der Waals surface area contributed by atoms with Crippen LogP contribution in [-0.4, -0.2) is 0 Å². The molecule has 0 bridgehead atoms. The average molecular weight is 322 g/mol. The van der Waals surface area contributed by atoms with Gasteiger partial charge in [0.25, 0.3) is 0 Å². The zero-order valence-electron chi connectivity index (χ0n) is 12.9. The Balaban J connectivity index is 0.000000615. The molecule has 4 N–H and O–H groups in total. The minimum absolute atomic E-state index is 0. The van der Waals surface area contributed by atoms with Crippen molar-refractivity contribution in [3.63, 3.8) is 0 Å². The molecular weight excluding hydrogens is 303 g/mol. The summed E-state index contributed by atoms with van der Waals surface area (Å²) >= 11 is 0. The Kier molecular flexibility index (Phi) is 8.12. The predicted molar refractivity (Wildman–Crippen MR) is 101 cm³/mol. The Hall–Kier alpha value is -2.64. The third kappa shape index (κ3) is 5.24. The number of hydrogen-bond acceptors (Lipinski definition) is 0. The van der Waals surface area contributed by atoms with E-state index in [-0.39, 0.29) is 6.15 Å². The second-order valence-corrected chi connectivity index (χ2v) is 6.65. The Bertz CT molecular complexity index is 618. The minimum Gasteiger partial charge on any atom is -0.373 e. The van der Waals surface area contributed by atoms with Crippen molar-refractivity contribution >= 4 is 23.8 Å². The summed E-state index contributed by atoms with van der Waals surface area (Å²) in [5, 5.41) is 4.19. The summed E-state index contributed by atoms with van der Waals surface area (Å²) in [4.78, 5) is 1.50. The van der Waals surface area contributed by atoms with Gasteiger partial charge in [-0.05, 0) is 23.8 Å². The molecule has 0 unspecified atom stereocenters. The normalized spacial score (nSPS) is 9.09. The van der Waals surface area contributed by atoms with Crippen molar-refractivity contribution in [2.45, 2.75) is 0 Å². The molecule has 0 aliphatic heterocycles. The van der Waals surface area contributed by atoms with E-state index in [1.165, 1.54) is 20.8 Å². The highest BCUT2D eigenvalue weighted by atomic mass is 31.1. The Morgan fingerprint density at radius 1 is 0.522 bits per heavy atom. The van der Waals surface area contributed by atoms with Gasteiger partial charge in [0.1, 0.15) is 0 Å². The second-order valence-electron chi connectivity index (χ2n) is 4.43. The lowest BCUT2D eigenvalue weighted by atomic mass is 10.4. The van der Waals surface area contributed by atoms with Gasteiger partial charge in [0.2, 0.25) is 0 Å². The highest BCUT2D eigenvalue weighted by Gasteiger charge is 2.14. The van der Waals surface area contributed by atoms with Gasteiger partial charge in [0.05, 0.1) is 0 Å². The van der Waals surface area contributed by atoms with E-state index in [1.54, 1.807) is 0 Å². The number of hydrogen-bond donors (Lipinski definition) is 1. The Labute approximate surface area is 137 Å². The van der Waals surface area contributed by atoms with Gasteiger partial charge in [-0.25, -0.2) is 0 Å². The summed E-state index contributed by atoms with van der Waals surface area (Å²) in [7, 11) is -0.446. The van der Waals surface area contributed by atoms with Gasteiger partial charge in [0, 0.05) is 0 Å². The zero-order chi connectivity index (χ0) is 15.6. The summed E-state index contributed by atoms with van der Waals surface area (Å²) in [6.07, 6.45) is 0. The SMILES string of the molecule is [N-]=[N+]=[N-].[NH4+].c1ccc(P(c2ccccc2)c2ccccc2)cc1. The molecule has 0 amide bonds. The summed E-state index contributed by atoms with van der Waals surface area (Å²) < 4.78 is 0. The van der Waals surface area contributed by atoms with E-state index in [0.29, 0.717) is 0 Å². The molecule has 0 spiro atoms. The molecule has 0 saturated carbocycles. The molecule has 0 aromatic heterocycles. The van der Waals surface area contributed by atoms with Crippen molar-refractivity contribution in [1.29, 1.82) is 0 Å². The Morgan fingerprint density at radius 2 is 0.739 bits per heavy atom. The number of rotatable bonds is 3. The molecule has 0 aliphatic rings. The van der Waals surface area contributed by atoms with Crippen molar-refractivity contribution in [3.05, 3.63) is 107 Å². The second kappa shape index (κ2) is 10.1. The van der Waals surface area contributed by atoms with E-state index < -0.39 is 7.92 Å². The minimum atomic E-state index is -0.446. The molecule has 0 radical (unpaired) electrons. The first kappa shape index (κ1) is 18.4. The van der Waals surface area contributed by atoms with Gasteiger partial charge < -0.3 is 17.2 Å². The number of benzene rings is 3. The van der Waals surface area contributed by atoms with Crippen LogP contribution in [0.5, 0.6) is 0 Å². The van der Waals surface area contributed by atoms with Crippen molar-refractivity contribution in [1.82, 2.24) is 6.15 Å². The molecule has 0 fully saturated rings. The van der Waals surface area contributed by atoms with Crippen LogP contribution in [-0.2, 0) is 0 Å². The average Bonchev–Trinajstić information content (AvgIpc) is 2.59. The Morgan fingerprint density at radius 3 is 0.957 bits per heavy atom. The molecule has 0 atom stereocenters. The third-order valence-corrected chi connectivity index (χ3v) is 5.49. The van der Waals surface area contributed by atoms with Crippen LogP contribution in [0.25, 0.3) is 16.0 Å². The van der Waals surface area contributed by atoms with Gasteiger partial charge in [-0.2, -0.15) is 0 Å². The van der Waals surface area contributed by atoms with Crippen LogP contribution in [0.4, 0.5) is 0 Å². The maximum atomic E-state index is 6.75. The summed E-state index contributed by atoms with van der Waals surface area (Å²) in [5.41, 5.74) is 13.5. The first-order valence-corrected chi connectivity index (χ1v) is 8.14. The molecule has 0 heterocycles. The van der Waals surface area contributed by atoms with E-state index >= 15 is 0 Å². The molecular formula is C18H19N4P. The van der Waals surface area contributed by atoms with Gasteiger partial charge in [-0.1, -0.05) is 91.0 Å². The van der Waals surface area contributed by atoms with Crippen LogP contribution in [0.3, 0.4) is 0 Å². The maximum absolute atomic E-state index is 6.75. The lowest BCUT2D eigenvalue weighted by molar-refractivity contribution is 1.74. The molecule has 3 aromatic carbocycles. The van der Waals surface area contributed by atoms with Crippen LogP contribution < -0.4 is 22.1 Å². The molecule has 5 heteroatoms. The molecule has 0 aliphatic carbocycles. The fraction of sp³-hybridized carbons (Fsp3) is 0. The third-order valence-electron chi connectivity index (χ3n) is 3.04.